The number of aromatic hydroxyl groups is 2. The number of fused-ring (bicyclic) bond motifs is 3. The lowest BCUT2D eigenvalue weighted by Gasteiger charge is -2.34. The Balaban J connectivity index is 1.49. The van der Waals surface area contributed by atoms with Gasteiger partial charge in [-0.1, -0.05) is 60.7 Å². The number of phenolic OH excluding ortho intramolecular Hbond substituents is 2. The van der Waals surface area contributed by atoms with Crippen molar-refractivity contribution in [1.82, 2.24) is 0 Å². The zero-order valence-electron chi connectivity index (χ0n) is 27.3. The molecule has 0 spiro atoms. The summed E-state index contributed by atoms with van der Waals surface area (Å²) in [5.41, 5.74) is 5.37. The fourth-order valence-corrected chi connectivity index (χ4v) is 6.82. The van der Waals surface area contributed by atoms with Crippen LogP contribution in [0.1, 0.15) is 77.6 Å². The minimum absolute atomic E-state index is 0.190. The monoisotopic (exact) mass is 602 g/mol. The molecule has 2 fully saturated rings. The highest BCUT2D eigenvalue weighted by atomic mass is 16.7. The van der Waals surface area contributed by atoms with Crippen LogP contribution in [0.2, 0.25) is 0 Å². The maximum atomic E-state index is 10.4. The summed E-state index contributed by atoms with van der Waals surface area (Å²) >= 11 is 0. The SMILES string of the molecule is CC1(C)OB(c2ccc3c(c2)C(c2ccc(O)cc2)(c2ccc(O)cc2)c2cc(B4OC(C)(C)C(C)(C)O4)ccc2-3)OC1(C)C. The molecule has 0 unspecified atom stereocenters. The van der Waals surface area contributed by atoms with Crippen molar-refractivity contribution in [3.05, 3.63) is 107 Å². The average Bonchev–Trinajstić information content (AvgIpc) is 3.48. The third-order valence-electron chi connectivity index (χ3n) is 10.8. The van der Waals surface area contributed by atoms with Crippen molar-refractivity contribution in [2.75, 3.05) is 0 Å². The lowest BCUT2D eigenvalue weighted by atomic mass is 9.65. The van der Waals surface area contributed by atoms with Crippen LogP contribution in [-0.2, 0) is 24.0 Å². The second-order valence-electron chi connectivity index (χ2n) is 14.6. The van der Waals surface area contributed by atoms with Gasteiger partial charge in [-0.2, -0.15) is 0 Å². The van der Waals surface area contributed by atoms with Crippen LogP contribution in [0.3, 0.4) is 0 Å². The van der Waals surface area contributed by atoms with Gasteiger partial charge in [0.25, 0.3) is 0 Å². The normalized spacial score (nSPS) is 21.5. The summed E-state index contributed by atoms with van der Waals surface area (Å²) < 4.78 is 26.0. The summed E-state index contributed by atoms with van der Waals surface area (Å²) in [5.74, 6) is 0.380. The molecule has 4 aromatic rings. The van der Waals surface area contributed by atoms with Crippen LogP contribution in [0.25, 0.3) is 11.1 Å². The first kappa shape index (κ1) is 30.1. The summed E-state index contributed by atoms with van der Waals surface area (Å²) in [4.78, 5) is 0. The molecule has 0 saturated carbocycles. The van der Waals surface area contributed by atoms with Gasteiger partial charge in [-0.05, 0) is 124 Å². The van der Waals surface area contributed by atoms with Crippen LogP contribution in [0.15, 0.2) is 84.9 Å². The van der Waals surface area contributed by atoms with Gasteiger partial charge in [0.1, 0.15) is 11.5 Å². The van der Waals surface area contributed by atoms with E-state index in [2.05, 4.69) is 91.8 Å². The van der Waals surface area contributed by atoms with Crippen LogP contribution in [0, 0.1) is 0 Å². The van der Waals surface area contributed by atoms with Crippen LogP contribution in [0.5, 0.6) is 11.5 Å². The molecule has 2 heterocycles. The quantitative estimate of drug-likeness (QED) is 0.244. The van der Waals surface area contributed by atoms with E-state index >= 15 is 0 Å². The van der Waals surface area contributed by atoms with Crippen molar-refractivity contribution in [3.8, 4) is 22.6 Å². The Morgan fingerprint density at radius 2 is 0.756 bits per heavy atom. The minimum atomic E-state index is -0.800. The van der Waals surface area contributed by atoms with Crippen molar-refractivity contribution in [2.45, 2.75) is 83.2 Å². The Bertz CT molecular complexity index is 1630. The molecule has 6 nitrogen and oxygen atoms in total. The van der Waals surface area contributed by atoms with E-state index in [1.165, 1.54) is 0 Å². The van der Waals surface area contributed by atoms with Crippen molar-refractivity contribution in [3.63, 3.8) is 0 Å². The molecular weight excluding hydrogens is 562 g/mol. The highest BCUT2D eigenvalue weighted by molar-refractivity contribution is 6.62. The van der Waals surface area contributed by atoms with Gasteiger partial charge in [-0.25, -0.2) is 0 Å². The third-order valence-corrected chi connectivity index (χ3v) is 10.8. The molecule has 4 aromatic carbocycles. The van der Waals surface area contributed by atoms with E-state index < -0.39 is 42.1 Å². The van der Waals surface area contributed by atoms with E-state index in [0.717, 1.165) is 44.3 Å². The van der Waals surface area contributed by atoms with E-state index in [4.69, 9.17) is 18.6 Å². The second-order valence-corrected chi connectivity index (χ2v) is 14.6. The summed E-state index contributed by atoms with van der Waals surface area (Å²) in [5, 5.41) is 20.7. The summed E-state index contributed by atoms with van der Waals surface area (Å²) in [6.07, 6.45) is 0. The molecule has 230 valence electrons. The molecule has 0 atom stereocenters. The highest BCUT2D eigenvalue weighted by Crippen LogP contribution is 2.56. The third kappa shape index (κ3) is 4.41. The van der Waals surface area contributed by atoms with Gasteiger partial charge in [-0.15, -0.1) is 0 Å². The van der Waals surface area contributed by atoms with E-state index in [1.807, 2.05) is 24.3 Å². The Labute approximate surface area is 266 Å². The zero-order valence-corrected chi connectivity index (χ0v) is 27.3. The van der Waals surface area contributed by atoms with Gasteiger partial charge >= 0.3 is 14.2 Å². The Morgan fingerprint density at radius 1 is 0.444 bits per heavy atom. The Morgan fingerprint density at radius 3 is 1.07 bits per heavy atom. The fraction of sp³-hybridized carbons (Fsp3) is 0.351. The van der Waals surface area contributed by atoms with Crippen molar-refractivity contribution < 1.29 is 28.8 Å². The topological polar surface area (TPSA) is 77.4 Å². The first-order chi connectivity index (χ1) is 21.1. The van der Waals surface area contributed by atoms with Gasteiger partial charge in [-0.3, -0.25) is 0 Å². The molecule has 1 aliphatic carbocycles. The fourth-order valence-electron chi connectivity index (χ4n) is 6.82. The predicted octanol–water partition coefficient (Wildman–Crippen LogP) is 6.06. The maximum absolute atomic E-state index is 10.4. The van der Waals surface area contributed by atoms with E-state index in [1.54, 1.807) is 24.3 Å². The molecule has 45 heavy (non-hydrogen) atoms. The van der Waals surface area contributed by atoms with Gasteiger partial charge in [0.05, 0.1) is 27.8 Å². The van der Waals surface area contributed by atoms with Crippen molar-refractivity contribution >= 4 is 25.2 Å². The molecule has 2 N–H and O–H groups in total. The molecule has 0 aromatic heterocycles. The van der Waals surface area contributed by atoms with Gasteiger partial charge in [0, 0.05) is 0 Å². The largest absolute Gasteiger partial charge is 0.508 e. The first-order valence-electron chi connectivity index (χ1n) is 15.7. The van der Waals surface area contributed by atoms with Gasteiger partial charge in [0.2, 0.25) is 0 Å². The van der Waals surface area contributed by atoms with Crippen LogP contribution >= 0.6 is 0 Å². The second kappa shape index (κ2) is 9.73. The Hall–Kier alpha value is -3.55. The highest BCUT2D eigenvalue weighted by Gasteiger charge is 2.55. The van der Waals surface area contributed by atoms with E-state index in [-0.39, 0.29) is 11.5 Å². The number of benzene rings is 4. The molecule has 0 bridgehead atoms. The lowest BCUT2D eigenvalue weighted by molar-refractivity contribution is 0.00578. The molecule has 7 rings (SSSR count). The lowest BCUT2D eigenvalue weighted by Crippen LogP contribution is -2.41. The smallest absolute Gasteiger partial charge is 0.494 e. The summed E-state index contributed by atoms with van der Waals surface area (Å²) in [6, 6.07) is 27.7. The van der Waals surface area contributed by atoms with E-state index in [0.29, 0.717) is 0 Å². The molecule has 2 saturated heterocycles. The average molecular weight is 602 g/mol. The Kier molecular flexibility index (Phi) is 6.51. The van der Waals surface area contributed by atoms with Crippen LogP contribution in [-0.4, -0.2) is 46.9 Å². The first-order valence-corrected chi connectivity index (χ1v) is 15.7. The van der Waals surface area contributed by atoms with Gasteiger partial charge in [0.15, 0.2) is 0 Å². The molecule has 0 amide bonds. The number of hydrogen-bond donors (Lipinski definition) is 2. The molecule has 3 aliphatic rings. The predicted molar refractivity (Wildman–Crippen MR) is 179 cm³/mol. The van der Waals surface area contributed by atoms with Crippen LogP contribution in [0.4, 0.5) is 0 Å². The zero-order chi connectivity index (χ0) is 32.2. The molecule has 2 aliphatic heterocycles. The minimum Gasteiger partial charge on any atom is -0.508 e. The summed E-state index contributed by atoms with van der Waals surface area (Å²) in [7, 11) is -1.08. The standard InChI is InChI=1S/C37H40B2O6/c1-33(2)34(3,4)43-38(42-33)25-13-19-29-30-20-14-26(39-44-35(5,6)36(7,8)45-39)22-32(30)37(31(29)21-25,23-9-15-27(40)16-10-23)24-11-17-28(41)18-12-24/h9-22,40-41H,1-8H3. The maximum Gasteiger partial charge on any atom is 0.494 e. The number of rotatable bonds is 4. The van der Waals surface area contributed by atoms with Crippen molar-refractivity contribution in [2.24, 2.45) is 0 Å². The van der Waals surface area contributed by atoms with Crippen molar-refractivity contribution in [1.29, 1.82) is 0 Å². The summed E-state index contributed by atoms with van der Waals surface area (Å²) in [6.45, 7) is 16.5. The molecule has 0 radical (unpaired) electrons. The molecule has 8 heteroatoms. The van der Waals surface area contributed by atoms with Gasteiger partial charge < -0.3 is 28.8 Å². The number of hydrogen-bond acceptors (Lipinski definition) is 6. The van der Waals surface area contributed by atoms with Crippen LogP contribution < -0.4 is 10.9 Å². The number of phenols is 2. The van der Waals surface area contributed by atoms with E-state index in [9.17, 15) is 10.2 Å². The molecular formula is C37H40B2O6.